The number of aromatic nitrogens is 1. The normalized spacial score (nSPS) is 11.2. The molecule has 2 heterocycles. The molecular formula is C18H13NS. The molecule has 96 valence electrons. The molecule has 0 amide bonds. The highest BCUT2D eigenvalue weighted by atomic mass is 32.1. The van der Waals surface area contributed by atoms with Crippen LogP contribution in [0, 0.1) is 0 Å². The Morgan fingerprint density at radius 2 is 1.60 bits per heavy atom. The number of thiophene rings is 1. The molecule has 2 aromatic carbocycles. The molecule has 1 nitrogen and oxygen atoms in total. The Morgan fingerprint density at radius 3 is 2.50 bits per heavy atom. The number of rotatable bonds is 2. The molecule has 20 heavy (non-hydrogen) atoms. The SMILES string of the molecule is c1ccc(Cc2cncc3sc4ccccc4c23)cc1. The van der Waals surface area contributed by atoms with Crippen LogP contribution in [0.25, 0.3) is 20.2 Å². The summed E-state index contributed by atoms with van der Waals surface area (Å²) in [7, 11) is 0. The Kier molecular flexibility index (Phi) is 2.75. The molecule has 0 radical (unpaired) electrons. The minimum atomic E-state index is 0.936. The third kappa shape index (κ3) is 1.89. The maximum Gasteiger partial charge on any atom is 0.0541 e. The van der Waals surface area contributed by atoms with Gasteiger partial charge in [0.2, 0.25) is 0 Å². The Bertz CT molecular complexity index is 878. The molecular weight excluding hydrogens is 262 g/mol. The number of benzene rings is 2. The predicted molar refractivity (Wildman–Crippen MR) is 86.4 cm³/mol. The predicted octanol–water partition coefficient (Wildman–Crippen LogP) is 5.04. The maximum absolute atomic E-state index is 4.41. The van der Waals surface area contributed by atoms with E-state index < -0.39 is 0 Å². The van der Waals surface area contributed by atoms with Gasteiger partial charge >= 0.3 is 0 Å². The molecule has 4 rings (SSSR count). The van der Waals surface area contributed by atoms with Crippen molar-refractivity contribution in [2.24, 2.45) is 0 Å². The number of fused-ring (bicyclic) bond motifs is 3. The van der Waals surface area contributed by atoms with Crippen molar-refractivity contribution in [2.45, 2.75) is 6.42 Å². The summed E-state index contributed by atoms with van der Waals surface area (Å²) in [6, 6.07) is 19.2. The van der Waals surface area contributed by atoms with Crippen LogP contribution in [0.2, 0.25) is 0 Å². The molecule has 0 N–H and O–H groups in total. The minimum Gasteiger partial charge on any atom is -0.263 e. The fraction of sp³-hybridized carbons (Fsp3) is 0.0556. The minimum absolute atomic E-state index is 0.936. The number of pyridine rings is 1. The van der Waals surface area contributed by atoms with Gasteiger partial charge in [0, 0.05) is 27.9 Å². The van der Waals surface area contributed by atoms with Gasteiger partial charge in [0.05, 0.1) is 4.70 Å². The van der Waals surface area contributed by atoms with E-state index in [0.29, 0.717) is 0 Å². The van der Waals surface area contributed by atoms with E-state index >= 15 is 0 Å². The standard InChI is InChI=1S/C18H13NS/c1-2-6-13(7-3-1)10-14-11-19-12-17-18(14)15-8-4-5-9-16(15)20-17/h1-9,11-12H,10H2. The molecule has 0 aliphatic heterocycles. The summed E-state index contributed by atoms with van der Waals surface area (Å²) in [4.78, 5) is 4.41. The van der Waals surface area contributed by atoms with Gasteiger partial charge in [-0.2, -0.15) is 0 Å². The summed E-state index contributed by atoms with van der Waals surface area (Å²) >= 11 is 1.82. The molecule has 0 atom stereocenters. The lowest BCUT2D eigenvalue weighted by Gasteiger charge is -2.04. The van der Waals surface area contributed by atoms with Gasteiger partial charge in [-0.3, -0.25) is 4.98 Å². The zero-order chi connectivity index (χ0) is 13.4. The Hall–Kier alpha value is -2.19. The van der Waals surface area contributed by atoms with Crippen molar-refractivity contribution in [3.63, 3.8) is 0 Å². The van der Waals surface area contributed by atoms with Crippen LogP contribution >= 0.6 is 11.3 Å². The maximum atomic E-state index is 4.41. The second kappa shape index (κ2) is 4.73. The van der Waals surface area contributed by atoms with Gasteiger partial charge in [0.25, 0.3) is 0 Å². The van der Waals surface area contributed by atoms with Crippen molar-refractivity contribution in [1.82, 2.24) is 4.98 Å². The Morgan fingerprint density at radius 1 is 0.800 bits per heavy atom. The van der Waals surface area contributed by atoms with Crippen LogP contribution in [0.15, 0.2) is 67.0 Å². The topological polar surface area (TPSA) is 12.9 Å². The van der Waals surface area contributed by atoms with E-state index in [4.69, 9.17) is 0 Å². The molecule has 0 spiro atoms. The van der Waals surface area contributed by atoms with Gasteiger partial charge < -0.3 is 0 Å². The summed E-state index contributed by atoms with van der Waals surface area (Å²) in [5.74, 6) is 0. The highest BCUT2D eigenvalue weighted by molar-refractivity contribution is 7.25. The lowest BCUT2D eigenvalue weighted by atomic mass is 10.0. The van der Waals surface area contributed by atoms with Crippen LogP contribution in [0.1, 0.15) is 11.1 Å². The zero-order valence-electron chi connectivity index (χ0n) is 10.9. The monoisotopic (exact) mass is 275 g/mol. The van der Waals surface area contributed by atoms with Gasteiger partial charge in [0.1, 0.15) is 0 Å². The summed E-state index contributed by atoms with van der Waals surface area (Å²) in [5.41, 5.74) is 2.64. The zero-order valence-corrected chi connectivity index (χ0v) is 11.7. The van der Waals surface area contributed by atoms with E-state index in [-0.39, 0.29) is 0 Å². The van der Waals surface area contributed by atoms with Gasteiger partial charge in [-0.15, -0.1) is 11.3 Å². The summed E-state index contributed by atoms with van der Waals surface area (Å²) in [6.07, 6.45) is 4.93. The summed E-state index contributed by atoms with van der Waals surface area (Å²) < 4.78 is 2.62. The fourth-order valence-electron chi connectivity index (χ4n) is 2.70. The van der Waals surface area contributed by atoms with Crippen LogP contribution in [0.3, 0.4) is 0 Å². The first-order valence-electron chi connectivity index (χ1n) is 6.70. The molecule has 0 aliphatic rings. The van der Waals surface area contributed by atoms with E-state index in [2.05, 4.69) is 59.6 Å². The van der Waals surface area contributed by atoms with Crippen LogP contribution in [-0.4, -0.2) is 4.98 Å². The third-order valence-electron chi connectivity index (χ3n) is 3.60. The van der Waals surface area contributed by atoms with Crippen LogP contribution in [0.5, 0.6) is 0 Å². The van der Waals surface area contributed by atoms with E-state index in [1.54, 1.807) is 0 Å². The molecule has 0 saturated carbocycles. The van der Waals surface area contributed by atoms with Crippen LogP contribution < -0.4 is 0 Å². The van der Waals surface area contributed by atoms with Crippen LogP contribution in [-0.2, 0) is 6.42 Å². The summed E-state index contributed by atoms with van der Waals surface area (Å²) in [6.45, 7) is 0. The van der Waals surface area contributed by atoms with Crippen molar-refractivity contribution in [3.05, 3.63) is 78.1 Å². The molecule has 0 bridgehead atoms. The molecule has 4 aromatic rings. The average molecular weight is 275 g/mol. The van der Waals surface area contributed by atoms with Gasteiger partial charge in [-0.1, -0.05) is 48.5 Å². The van der Waals surface area contributed by atoms with E-state index in [1.165, 1.54) is 31.3 Å². The Balaban J connectivity index is 1.95. The highest BCUT2D eigenvalue weighted by Crippen LogP contribution is 2.35. The van der Waals surface area contributed by atoms with E-state index in [0.717, 1.165) is 6.42 Å². The van der Waals surface area contributed by atoms with Crippen LogP contribution in [0.4, 0.5) is 0 Å². The summed E-state index contributed by atoms with van der Waals surface area (Å²) in [5, 5.41) is 2.71. The average Bonchev–Trinajstić information content (AvgIpc) is 2.88. The lowest BCUT2D eigenvalue weighted by Crippen LogP contribution is -1.89. The van der Waals surface area contributed by atoms with Gasteiger partial charge in [0.15, 0.2) is 0 Å². The molecule has 0 fully saturated rings. The molecule has 0 unspecified atom stereocenters. The lowest BCUT2D eigenvalue weighted by molar-refractivity contribution is 1.18. The van der Waals surface area contributed by atoms with Gasteiger partial charge in [-0.25, -0.2) is 0 Å². The van der Waals surface area contributed by atoms with Crippen molar-refractivity contribution < 1.29 is 0 Å². The molecule has 0 saturated heterocycles. The van der Waals surface area contributed by atoms with Crippen molar-refractivity contribution in [3.8, 4) is 0 Å². The highest BCUT2D eigenvalue weighted by Gasteiger charge is 2.09. The first-order chi connectivity index (χ1) is 9.92. The molecule has 2 aromatic heterocycles. The second-order valence-corrected chi connectivity index (χ2v) is 6.02. The molecule has 0 aliphatic carbocycles. The molecule has 2 heteroatoms. The number of hydrogen-bond donors (Lipinski definition) is 0. The van der Waals surface area contributed by atoms with Crippen molar-refractivity contribution in [1.29, 1.82) is 0 Å². The van der Waals surface area contributed by atoms with E-state index in [1.807, 2.05) is 23.7 Å². The van der Waals surface area contributed by atoms with E-state index in [9.17, 15) is 0 Å². The quantitative estimate of drug-likeness (QED) is 0.499. The smallest absolute Gasteiger partial charge is 0.0541 e. The number of nitrogens with zero attached hydrogens (tertiary/aromatic N) is 1. The number of hydrogen-bond acceptors (Lipinski definition) is 2. The van der Waals surface area contributed by atoms with Gasteiger partial charge in [-0.05, 0) is 23.6 Å². The first kappa shape index (κ1) is 11.6. The second-order valence-electron chi connectivity index (χ2n) is 4.93. The third-order valence-corrected chi connectivity index (χ3v) is 4.71. The van der Waals surface area contributed by atoms with Crippen molar-refractivity contribution >= 4 is 31.5 Å². The first-order valence-corrected chi connectivity index (χ1v) is 7.51. The Labute approximate surface area is 121 Å². The van der Waals surface area contributed by atoms with Crippen molar-refractivity contribution in [2.75, 3.05) is 0 Å². The largest absolute Gasteiger partial charge is 0.263 e. The fourth-order valence-corrected chi connectivity index (χ4v) is 3.82.